The largest absolute Gasteiger partial charge is 0.278 e. The molecule has 1 heterocycles. The van der Waals surface area contributed by atoms with Crippen LogP contribution in [0.25, 0.3) is 0 Å². The van der Waals surface area contributed by atoms with Crippen molar-refractivity contribution in [3.8, 4) is 0 Å². The molecular formula is C17H18ClNO2. The fraction of sp³-hybridized carbons (Fsp3) is 0.294. The molecule has 2 rings (SSSR count). The standard InChI is InChI=1S/C17H18ClNO2/c1-3-7-14-15(10-12(2)18)17(21)19(16(14)20)11-13-8-5-4-6-9-13/h3-6,8-9,14-15H,1-2,7,10-11H2/t14-,15-/m0/s1. The lowest BCUT2D eigenvalue weighted by atomic mass is 9.89. The van der Waals surface area contributed by atoms with E-state index in [9.17, 15) is 9.59 Å². The van der Waals surface area contributed by atoms with Crippen LogP contribution in [0.4, 0.5) is 0 Å². The maximum absolute atomic E-state index is 12.5. The molecule has 0 saturated carbocycles. The molecule has 1 fully saturated rings. The monoisotopic (exact) mass is 303 g/mol. The van der Waals surface area contributed by atoms with Crippen molar-refractivity contribution in [1.29, 1.82) is 0 Å². The predicted octanol–water partition coefficient (Wildman–Crippen LogP) is 3.51. The molecule has 0 N–H and O–H groups in total. The van der Waals surface area contributed by atoms with E-state index in [0.717, 1.165) is 5.56 Å². The molecule has 1 saturated heterocycles. The topological polar surface area (TPSA) is 37.4 Å². The molecule has 4 heteroatoms. The van der Waals surface area contributed by atoms with E-state index in [-0.39, 0.29) is 17.7 Å². The van der Waals surface area contributed by atoms with E-state index in [4.69, 9.17) is 11.6 Å². The summed E-state index contributed by atoms with van der Waals surface area (Å²) in [6, 6.07) is 9.48. The van der Waals surface area contributed by atoms with Gasteiger partial charge in [0, 0.05) is 5.03 Å². The van der Waals surface area contributed by atoms with E-state index in [1.165, 1.54) is 4.90 Å². The smallest absolute Gasteiger partial charge is 0.233 e. The van der Waals surface area contributed by atoms with Crippen LogP contribution >= 0.6 is 11.6 Å². The Bertz CT molecular complexity index is 567. The van der Waals surface area contributed by atoms with E-state index in [1.54, 1.807) is 6.08 Å². The lowest BCUT2D eigenvalue weighted by Gasteiger charge is -2.14. The van der Waals surface area contributed by atoms with Gasteiger partial charge in [-0.1, -0.05) is 54.6 Å². The Morgan fingerprint density at radius 1 is 1.19 bits per heavy atom. The lowest BCUT2D eigenvalue weighted by Crippen LogP contribution is -2.30. The number of rotatable bonds is 6. The lowest BCUT2D eigenvalue weighted by molar-refractivity contribution is -0.140. The minimum absolute atomic E-state index is 0.147. The van der Waals surface area contributed by atoms with E-state index in [1.807, 2.05) is 30.3 Å². The van der Waals surface area contributed by atoms with Gasteiger partial charge < -0.3 is 0 Å². The van der Waals surface area contributed by atoms with Gasteiger partial charge in [-0.3, -0.25) is 14.5 Å². The van der Waals surface area contributed by atoms with E-state index in [2.05, 4.69) is 13.2 Å². The van der Waals surface area contributed by atoms with Crippen molar-refractivity contribution in [2.45, 2.75) is 19.4 Å². The van der Waals surface area contributed by atoms with Crippen molar-refractivity contribution in [3.05, 3.63) is 60.2 Å². The first-order valence-electron chi connectivity index (χ1n) is 6.88. The van der Waals surface area contributed by atoms with Crippen LogP contribution in [0.5, 0.6) is 0 Å². The second kappa shape index (κ2) is 6.72. The summed E-state index contributed by atoms with van der Waals surface area (Å²) in [5.74, 6) is -1.12. The number of hydrogen-bond donors (Lipinski definition) is 0. The third-order valence-electron chi connectivity index (χ3n) is 3.70. The van der Waals surface area contributed by atoms with Gasteiger partial charge in [0.05, 0.1) is 18.4 Å². The zero-order chi connectivity index (χ0) is 15.4. The van der Waals surface area contributed by atoms with Gasteiger partial charge in [-0.25, -0.2) is 0 Å². The molecule has 1 aliphatic rings. The average molecular weight is 304 g/mol. The molecule has 1 aliphatic heterocycles. The number of likely N-dealkylation sites (tertiary alicyclic amines) is 1. The third-order valence-corrected chi connectivity index (χ3v) is 3.85. The van der Waals surface area contributed by atoms with E-state index >= 15 is 0 Å². The zero-order valence-corrected chi connectivity index (χ0v) is 12.6. The summed E-state index contributed by atoms with van der Waals surface area (Å²) >= 11 is 5.84. The number of amides is 2. The number of carbonyl (C=O) groups is 2. The molecule has 0 radical (unpaired) electrons. The highest BCUT2D eigenvalue weighted by Crippen LogP contribution is 2.35. The number of allylic oxidation sites excluding steroid dienone is 2. The van der Waals surface area contributed by atoms with Crippen LogP contribution in [0, 0.1) is 11.8 Å². The highest BCUT2D eigenvalue weighted by Gasteiger charge is 2.46. The van der Waals surface area contributed by atoms with Gasteiger partial charge in [0.2, 0.25) is 11.8 Å². The summed E-state index contributed by atoms with van der Waals surface area (Å²) in [7, 11) is 0. The van der Waals surface area contributed by atoms with Crippen molar-refractivity contribution in [1.82, 2.24) is 4.90 Å². The quantitative estimate of drug-likeness (QED) is 0.596. The predicted molar refractivity (Wildman–Crippen MR) is 83.4 cm³/mol. The van der Waals surface area contributed by atoms with Gasteiger partial charge in [0.1, 0.15) is 0 Å². The Morgan fingerprint density at radius 3 is 2.38 bits per heavy atom. The molecule has 1 aromatic rings. The molecule has 0 bridgehead atoms. The molecule has 2 amide bonds. The Balaban J connectivity index is 2.22. The molecular weight excluding hydrogens is 286 g/mol. The Kier molecular flexibility index (Phi) is 4.97. The molecule has 0 aromatic heterocycles. The number of halogens is 1. The van der Waals surface area contributed by atoms with Crippen molar-refractivity contribution >= 4 is 23.4 Å². The van der Waals surface area contributed by atoms with Crippen LogP contribution in [0.15, 0.2) is 54.6 Å². The SMILES string of the molecule is C=CC[C@@H]1C(=O)N(Cc2ccccc2)C(=O)[C@H]1CC(=C)Cl. The van der Waals surface area contributed by atoms with Crippen LogP contribution in [0.3, 0.4) is 0 Å². The summed E-state index contributed by atoms with van der Waals surface area (Å²) in [6.45, 7) is 7.61. The molecule has 110 valence electrons. The second-order valence-corrected chi connectivity index (χ2v) is 5.74. The zero-order valence-electron chi connectivity index (χ0n) is 11.8. The van der Waals surface area contributed by atoms with Crippen LogP contribution < -0.4 is 0 Å². The first-order chi connectivity index (χ1) is 10.0. The average Bonchev–Trinajstić information content (AvgIpc) is 2.66. The maximum atomic E-state index is 12.5. The summed E-state index contributed by atoms with van der Waals surface area (Å²) in [5.41, 5.74) is 0.932. The third kappa shape index (κ3) is 3.42. The van der Waals surface area contributed by atoms with E-state index in [0.29, 0.717) is 24.4 Å². The van der Waals surface area contributed by atoms with Gasteiger partial charge in [0.15, 0.2) is 0 Å². The van der Waals surface area contributed by atoms with Crippen LogP contribution in [-0.2, 0) is 16.1 Å². The number of imide groups is 1. The minimum atomic E-state index is -0.427. The Hall–Kier alpha value is -1.87. The normalized spacial score (nSPS) is 21.7. The number of hydrogen-bond acceptors (Lipinski definition) is 2. The summed E-state index contributed by atoms with van der Waals surface area (Å²) in [5, 5.41) is 0.400. The highest BCUT2D eigenvalue weighted by atomic mass is 35.5. The van der Waals surface area contributed by atoms with E-state index < -0.39 is 5.92 Å². The summed E-state index contributed by atoms with van der Waals surface area (Å²) in [4.78, 5) is 26.3. The van der Waals surface area contributed by atoms with Crippen molar-refractivity contribution < 1.29 is 9.59 Å². The minimum Gasteiger partial charge on any atom is -0.278 e. The molecule has 0 spiro atoms. The molecule has 0 unspecified atom stereocenters. The van der Waals surface area contributed by atoms with Crippen LogP contribution in [-0.4, -0.2) is 16.7 Å². The van der Waals surface area contributed by atoms with Crippen molar-refractivity contribution in [3.63, 3.8) is 0 Å². The summed E-state index contributed by atoms with van der Waals surface area (Å²) < 4.78 is 0. The highest BCUT2D eigenvalue weighted by molar-refractivity contribution is 6.29. The Labute approximate surface area is 129 Å². The Morgan fingerprint density at radius 2 is 1.81 bits per heavy atom. The number of benzene rings is 1. The van der Waals surface area contributed by atoms with Gasteiger partial charge in [-0.05, 0) is 18.4 Å². The van der Waals surface area contributed by atoms with Gasteiger partial charge >= 0.3 is 0 Å². The van der Waals surface area contributed by atoms with Gasteiger partial charge in [-0.2, -0.15) is 0 Å². The molecule has 3 nitrogen and oxygen atoms in total. The first-order valence-corrected chi connectivity index (χ1v) is 7.25. The van der Waals surface area contributed by atoms with Crippen molar-refractivity contribution in [2.75, 3.05) is 0 Å². The number of nitrogens with zero attached hydrogens (tertiary/aromatic N) is 1. The fourth-order valence-corrected chi connectivity index (χ4v) is 2.85. The first kappa shape index (κ1) is 15.5. The maximum Gasteiger partial charge on any atom is 0.233 e. The summed E-state index contributed by atoms with van der Waals surface area (Å²) in [6.07, 6.45) is 2.48. The molecule has 0 aliphatic carbocycles. The van der Waals surface area contributed by atoms with Crippen molar-refractivity contribution in [2.24, 2.45) is 11.8 Å². The molecule has 21 heavy (non-hydrogen) atoms. The van der Waals surface area contributed by atoms with Gasteiger partial charge in [0.25, 0.3) is 0 Å². The van der Waals surface area contributed by atoms with Gasteiger partial charge in [-0.15, -0.1) is 6.58 Å². The molecule has 2 atom stereocenters. The fourth-order valence-electron chi connectivity index (χ4n) is 2.69. The second-order valence-electron chi connectivity index (χ2n) is 5.21. The number of carbonyl (C=O) groups excluding carboxylic acids is 2. The molecule has 1 aromatic carbocycles. The van der Waals surface area contributed by atoms with Crippen LogP contribution in [0.1, 0.15) is 18.4 Å². The van der Waals surface area contributed by atoms with Crippen LogP contribution in [0.2, 0.25) is 0 Å².